The molecule has 0 amide bonds. The third-order valence-corrected chi connectivity index (χ3v) is 2.92. The molecule has 1 unspecified atom stereocenters. The molecule has 0 aliphatic rings. The predicted octanol–water partition coefficient (Wildman–Crippen LogP) is 2.37. The van der Waals surface area contributed by atoms with Crippen LogP contribution in [-0.2, 0) is 6.42 Å². The van der Waals surface area contributed by atoms with Crippen molar-refractivity contribution >= 4 is 0 Å². The number of aliphatic hydroxyl groups is 1. The summed E-state index contributed by atoms with van der Waals surface area (Å²) in [5.74, 6) is 1.33. The van der Waals surface area contributed by atoms with Crippen LogP contribution < -0.4 is 9.47 Å². The minimum Gasteiger partial charge on any atom is -0.497 e. The van der Waals surface area contributed by atoms with Gasteiger partial charge in [-0.25, -0.2) is 4.98 Å². The lowest BCUT2D eigenvalue weighted by Gasteiger charge is -2.12. The zero-order valence-corrected chi connectivity index (χ0v) is 11.0. The summed E-state index contributed by atoms with van der Waals surface area (Å²) in [7, 11) is 3.19. The van der Waals surface area contributed by atoms with E-state index < -0.39 is 6.10 Å². The van der Waals surface area contributed by atoms with Gasteiger partial charge in [0.25, 0.3) is 0 Å². The van der Waals surface area contributed by atoms with Gasteiger partial charge in [-0.15, -0.1) is 0 Å². The summed E-state index contributed by atoms with van der Waals surface area (Å²) in [6, 6.07) is 11.2. The largest absolute Gasteiger partial charge is 0.497 e. The lowest BCUT2D eigenvalue weighted by molar-refractivity contribution is 0.178. The molecule has 19 heavy (non-hydrogen) atoms. The molecule has 1 N–H and O–H groups in total. The molecular weight excluding hydrogens is 242 g/mol. The van der Waals surface area contributed by atoms with E-state index in [1.807, 2.05) is 30.3 Å². The monoisotopic (exact) mass is 259 g/mol. The van der Waals surface area contributed by atoms with Crippen LogP contribution in [0.1, 0.15) is 17.2 Å². The van der Waals surface area contributed by atoms with Crippen LogP contribution in [0, 0.1) is 0 Å². The Labute approximate surface area is 112 Å². The molecule has 0 saturated heterocycles. The topological polar surface area (TPSA) is 51.6 Å². The fourth-order valence-corrected chi connectivity index (χ4v) is 1.85. The van der Waals surface area contributed by atoms with E-state index in [-0.39, 0.29) is 0 Å². The Morgan fingerprint density at radius 2 is 2.00 bits per heavy atom. The van der Waals surface area contributed by atoms with Crippen molar-refractivity contribution in [2.24, 2.45) is 0 Å². The van der Waals surface area contributed by atoms with Crippen LogP contribution in [-0.4, -0.2) is 24.3 Å². The Balaban J connectivity index is 2.08. The minimum atomic E-state index is -0.592. The molecule has 0 aliphatic heterocycles. The smallest absolute Gasteiger partial charge is 0.212 e. The van der Waals surface area contributed by atoms with E-state index in [1.54, 1.807) is 26.5 Å². The second-order valence-electron chi connectivity index (χ2n) is 4.21. The highest BCUT2D eigenvalue weighted by molar-refractivity contribution is 5.30. The molecule has 0 aliphatic carbocycles. The summed E-state index contributed by atoms with van der Waals surface area (Å²) in [5, 5.41) is 10.2. The number of nitrogens with zero attached hydrogens (tertiary/aromatic N) is 1. The van der Waals surface area contributed by atoms with E-state index in [4.69, 9.17) is 9.47 Å². The molecule has 1 heterocycles. The highest BCUT2D eigenvalue weighted by Crippen LogP contribution is 2.21. The van der Waals surface area contributed by atoms with E-state index in [0.717, 1.165) is 16.9 Å². The lowest BCUT2D eigenvalue weighted by Crippen LogP contribution is -2.03. The average Bonchev–Trinajstić information content (AvgIpc) is 2.47. The molecule has 0 saturated carbocycles. The van der Waals surface area contributed by atoms with Gasteiger partial charge in [0.15, 0.2) is 0 Å². The number of methoxy groups -OCH3 is 2. The van der Waals surface area contributed by atoms with Gasteiger partial charge in [0.05, 0.1) is 20.3 Å². The number of ether oxygens (including phenoxy) is 2. The van der Waals surface area contributed by atoms with Crippen LogP contribution in [0.25, 0.3) is 0 Å². The SMILES string of the molecule is COc1cccc(CC(O)c2ccc(OC)nc2)c1. The second kappa shape index (κ2) is 6.20. The molecule has 100 valence electrons. The molecule has 2 rings (SSSR count). The minimum absolute atomic E-state index is 0.519. The fourth-order valence-electron chi connectivity index (χ4n) is 1.85. The second-order valence-corrected chi connectivity index (χ2v) is 4.21. The number of aromatic nitrogens is 1. The highest BCUT2D eigenvalue weighted by atomic mass is 16.5. The zero-order chi connectivity index (χ0) is 13.7. The van der Waals surface area contributed by atoms with Crippen LogP contribution in [0.15, 0.2) is 42.6 Å². The van der Waals surface area contributed by atoms with E-state index in [9.17, 15) is 5.11 Å². The molecule has 0 bridgehead atoms. The van der Waals surface area contributed by atoms with E-state index in [0.29, 0.717) is 12.3 Å². The Hall–Kier alpha value is -2.07. The van der Waals surface area contributed by atoms with Crippen LogP contribution in [0.4, 0.5) is 0 Å². The van der Waals surface area contributed by atoms with Gasteiger partial charge in [0, 0.05) is 18.7 Å². The van der Waals surface area contributed by atoms with Crippen LogP contribution in [0.2, 0.25) is 0 Å². The molecule has 2 aromatic rings. The van der Waals surface area contributed by atoms with Crippen molar-refractivity contribution in [3.63, 3.8) is 0 Å². The number of hydrogen-bond donors (Lipinski definition) is 1. The summed E-state index contributed by atoms with van der Waals surface area (Å²) in [6.45, 7) is 0. The number of rotatable bonds is 5. The van der Waals surface area contributed by atoms with Crippen LogP contribution in [0.3, 0.4) is 0 Å². The first-order valence-corrected chi connectivity index (χ1v) is 6.04. The van der Waals surface area contributed by atoms with E-state index in [1.165, 1.54) is 0 Å². The highest BCUT2D eigenvalue weighted by Gasteiger charge is 2.10. The van der Waals surface area contributed by atoms with Crippen molar-refractivity contribution in [2.45, 2.75) is 12.5 Å². The Morgan fingerprint density at radius 1 is 1.16 bits per heavy atom. The van der Waals surface area contributed by atoms with Crippen molar-refractivity contribution in [3.05, 3.63) is 53.7 Å². The van der Waals surface area contributed by atoms with Crippen LogP contribution >= 0.6 is 0 Å². The molecule has 0 spiro atoms. The maximum atomic E-state index is 10.2. The third kappa shape index (κ3) is 3.45. The quantitative estimate of drug-likeness (QED) is 0.895. The lowest BCUT2D eigenvalue weighted by atomic mass is 10.0. The van der Waals surface area contributed by atoms with Gasteiger partial charge in [-0.3, -0.25) is 0 Å². The summed E-state index contributed by atoms with van der Waals surface area (Å²) in [4.78, 5) is 4.09. The van der Waals surface area contributed by atoms with Gasteiger partial charge >= 0.3 is 0 Å². The summed E-state index contributed by atoms with van der Waals surface area (Å²) >= 11 is 0. The molecule has 0 fully saturated rings. The molecule has 1 atom stereocenters. The molecule has 4 heteroatoms. The first-order valence-electron chi connectivity index (χ1n) is 6.04. The summed E-state index contributed by atoms with van der Waals surface area (Å²) in [6.07, 6.45) is 1.56. The van der Waals surface area contributed by atoms with Crippen molar-refractivity contribution < 1.29 is 14.6 Å². The van der Waals surface area contributed by atoms with Crippen molar-refractivity contribution in [1.29, 1.82) is 0 Å². The predicted molar refractivity (Wildman–Crippen MR) is 72.4 cm³/mol. The van der Waals surface area contributed by atoms with Gasteiger partial charge < -0.3 is 14.6 Å². The van der Waals surface area contributed by atoms with Gasteiger partial charge in [-0.1, -0.05) is 12.1 Å². The number of pyridine rings is 1. The van der Waals surface area contributed by atoms with E-state index >= 15 is 0 Å². The Bertz CT molecular complexity index is 525. The zero-order valence-electron chi connectivity index (χ0n) is 11.0. The standard InChI is InChI=1S/C15H17NO3/c1-18-13-5-3-4-11(8-13)9-14(17)12-6-7-15(19-2)16-10-12/h3-8,10,14,17H,9H2,1-2H3. The first-order chi connectivity index (χ1) is 9.22. The van der Waals surface area contributed by atoms with Crippen molar-refractivity contribution in [3.8, 4) is 11.6 Å². The van der Waals surface area contributed by atoms with Gasteiger partial charge in [0.2, 0.25) is 5.88 Å². The number of benzene rings is 1. The number of hydrogen-bond acceptors (Lipinski definition) is 4. The Morgan fingerprint density at radius 3 is 2.63 bits per heavy atom. The molecular formula is C15H17NO3. The fraction of sp³-hybridized carbons (Fsp3) is 0.267. The van der Waals surface area contributed by atoms with Gasteiger partial charge in [-0.05, 0) is 29.3 Å². The van der Waals surface area contributed by atoms with Crippen molar-refractivity contribution in [2.75, 3.05) is 14.2 Å². The van der Waals surface area contributed by atoms with Gasteiger partial charge in [-0.2, -0.15) is 0 Å². The van der Waals surface area contributed by atoms with Crippen LogP contribution in [0.5, 0.6) is 11.6 Å². The van der Waals surface area contributed by atoms with Gasteiger partial charge in [0.1, 0.15) is 5.75 Å². The summed E-state index contributed by atoms with van der Waals surface area (Å²) in [5.41, 5.74) is 1.78. The maximum Gasteiger partial charge on any atom is 0.212 e. The average molecular weight is 259 g/mol. The molecule has 1 aromatic carbocycles. The third-order valence-electron chi connectivity index (χ3n) is 2.92. The first kappa shape index (κ1) is 13.4. The van der Waals surface area contributed by atoms with Crippen molar-refractivity contribution in [1.82, 2.24) is 4.98 Å². The van der Waals surface area contributed by atoms with E-state index in [2.05, 4.69) is 4.98 Å². The summed E-state index contributed by atoms with van der Waals surface area (Å²) < 4.78 is 10.2. The molecule has 0 radical (unpaired) electrons. The number of aliphatic hydroxyl groups excluding tert-OH is 1. The maximum absolute atomic E-state index is 10.2. The normalized spacial score (nSPS) is 11.9. The Kier molecular flexibility index (Phi) is 4.36. The molecule has 4 nitrogen and oxygen atoms in total. The molecule has 1 aromatic heterocycles.